The lowest BCUT2D eigenvalue weighted by molar-refractivity contribution is -0.0410. The third-order valence-corrected chi connectivity index (χ3v) is 7.65. The molecule has 0 spiro atoms. The predicted molar refractivity (Wildman–Crippen MR) is 147 cm³/mol. The van der Waals surface area contributed by atoms with Crippen LogP contribution in [-0.4, -0.2) is 80.7 Å². The zero-order valence-corrected chi connectivity index (χ0v) is 22.2. The minimum Gasteiger partial charge on any atom is -0.491 e. The fourth-order valence-corrected chi connectivity index (χ4v) is 5.33. The lowest BCUT2D eigenvalue weighted by Gasteiger charge is -2.32. The van der Waals surface area contributed by atoms with Gasteiger partial charge in [-0.05, 0) is 44.5 Å². The first-order valence-electron chi connectivity index (χ1n) is 13.4. The number of hydrogen-bond acceptors (Lipinski definition) is 10. The number of benzene rings is 1. The Morgan fingerprint density at radius 1 is 1.20 bits per heavy atom. The van der Waals surface area contributed by atoms with E-state index < -0.39 is 30.1 Å². The highest BCUT2D eigenvalue weighted by atomic mass is 19.1. The number of nitrogens with two attached hydrogens (primary N) is 1. The normalized spacial score (nSPS) is 25.7. The number of aliphatic hydroxyl groups excluding tert-OH is 1. The number of aliphatic imine (C=N–C) groups is 1. The molecule has 0 unspecified atom stereocenters. The Morgan fingerprint density at radius 2 is 2.02 bits per heavy atom. The van der Waals surface area contributed by atoms with Crippen molar-refractivity contribution in [1.82, 2.24) is 19.5 Å². The van der Waals surface area contributed by atoms with E-state index in [0.717, 1.165) is 29.8 Å². The van der Waals surface area contributed by atoms with Crippen molar-refractivity contribution in [3.63, 3.8) is 0 Å². The van der Waals surface area contributed by atoms with Gasteiger partial charge in [-0.2, -0.15) is 0 Å². The van der Waals surface area contributed by atoms with E-state index in [1.807, 2.05) is 44.2 Å². The molecular weight excluding hydrogens is 517 g/mol. The zero-order chi connectivity index (χ0) is 27.6. The van der Waals surface area contributed by atoms with Crippen molar-refractivity contribution in [1.29, 1.82) is 0 Å². The molecule has 4 aromatic rings. The molecule has 11 nitrogen and oxygen atoms in total. The highest BCUT2D eigenvalue weighted by Crippen LogP contribution is 2.38. The van der Waals surface area contributed by atoms with Gasteiger partial charge in [0.25, 0.3) is 0 Å². The van der Waals surface area contributed by atoms with Gasteiger partial charge >= 0.3 is 0 Å². The van der Waals surface area contributed by atoms with Crippen LogP contribution in [0.3, 0.4) is 0 Å². The fourth-order valence-electron chi connectivity index (χ4n) is 5.33. The molecule has 1 aromatic carbocycles. The Kier molecular flexibility index (Phi) is 5.79. The first-order valence-corrected chi connectivity index (χ1v) is 13.4. The Bertz CT molecular complexity index is 1640. The van der Waals surface area contributed by atoms with Crippen molar-refractivity contribution >= 4 is 39.5 Å². The number of rotatable bonds is 6. The minimum absolute atomic E-state index is 0.0530. The van der Waals surface area contributed by atoms with Gasteiger partial charge in [-0.1, -0.05) is 0 Å². The molecule has 208 valence electrons. The van der Waals surface area contributed by atoms with Gasteiger partial charge in [0.2, 0.25) is 5.90 Å². The number of ether oxygens (including phenoxy) is 3. The molecule has 3 aliphatic rings. The molecule has 12 heteroatoms. The summed E-state index contributed by atoms with van der Waals surface area (Å²) in [6.45, 7) is 6.27. The van der Waals surface area contributed by atoms with Crippen molar-refractivity contribution in [2.24, 2.45) is 4.99 Å². The molecular formula is C28H30FN7O4. The van der Waals surface area contributed by atoms with Crippen molar-refractivity contribution in [2.45, 2.75) is 50.4 Å². The van der Waals surface area contributed by atoms with E-state index in [0.29, 0.717) is 34.9 Å². The number of aliphatic hydroxyl groups is 1. The van der Waals surface area contributed by atoms with Crippen LogP contribution in [-0.2, 0) is 9.47 Å². The summed E-state index contributed by atoms with van der Waals surface area (Å²) in [6.07, 6.45) is -1.12. The summed E-state index contributed by atoms with van der Waals surface area (Å²) in [5.41, 5.74) is 7.50. The van der Waals surface area contributed by atoms with Gasteiger partial charge in [0.05, 0.1) is 22.0 Å². The maximum atomic E-state index is 15.5. The van der Waals surface area contributed by atoms with Crippen LogP contribution in [0.5, 0.6) is 5.75 Å². The van der Waals surface area contributed by atoms with Crippen LogP contribution in [0.1, 0.15) is 32.1 Å². The molecule has 6 heterocycles. The number of aromatic nitrogens is 4. The summed E-state index contributed by atoms with van der Waals surface area (Å²) in [5.74, 6) is 2.09. The number of halogens is 1. The third-order valence-electron chi connectivity index (χ3n) is 7.65. The molecule has 3 aromatic heterocycles. The van der Waals surface area contributed by atoms with Gasteiger partial charge in [-0.3, -0.25) is 0 Å². The SMILES string of the molecule is CC1(C)COC(c2cn([C@@H]3O[C@H](COc4ccc5ccc(N6CCC6)nc5c4)[C@@H](O)[C@@H]3F)c3ncnc(N)c23)=N1. The van der Waals surface area contributed by atoms with Gasteiger partial charge in [0, 0.05) is 30.7 Å². The average Bonchev–Trinajstić information content (AvgIpc) is 3.55. The third kappa shape index (κ3) is 4.18. The molecule has 0 aliphatic carbocycles. The summed E-state index contributed by atoms with van der Waals surface area (Å²) >= 11 is 0. The highest BCUT2D eigenvalue weighted by molar-refractivity contribution is 6.10. The average molecular weight is 548 g/mol. The molecule has 0 radical (unpaired) electrons. The number of anilines is 2. The second-order valence-corrected chi connectivity index (χ2v) is 11.1. The minimum atomic E-state index is -1.74. The Labute approximate surface area is 229 Å². The van der Waals surface area contributed by atoms with Crippen molar-refractivity contribution in [3.05, 3.63) is 48.4 Å². The molecule has 40 heavy (non-hydrogen) atoms. The summed E-state index contributed by atoms with van der Waals surface area (Å²) in [5, 5.41) is 12.3. The molecule has 7 rings (SSSR count). The quantitative estimate of drug-likeness (QED) is 0.374. The summed E-state index contributed by atoms with van der Waals surface area (Å²) in [7, 11) is 0. The molecule has 0 saturated carbocycles. The fraction of sp³-hybridized carbons (Fsp3) is 0.429. The Hall–Kier alpha value is -4.03. The van der Waals surface area contributed by atoms with Crippen LogP contribution < -0.4 is 15.4 Å². The second kappa shape index (κ2) is 9.27. The number of pyridine rings is 1. The summed E-state index contributed by atoms with van der Waals surface area (Å²) in [6, 6.07) is 9.66. The zero-order valence-electron chi connectivity index (χ0n) is 22.2. The Morgan fingerprint density at radius 3 is 2.77 bits per heavy atom. The van der Waals surface area contributed by atoms with E-state index in [4.69, 9.17) is 24.9 Å². The van der Waals surface area contributed by atoms with E-state index in [-0.39, 0.29) is 12.4 Å². The van der Waals surface area contributed by atoms with Gasteiger partial charge in [-0.15, -0.1) is 0 Å². The molecule has 4 atom stereocenters. The maximum absolute atomic E-state index is 15.5. The monoisotopic (exact) mass is 547 g/mol. The van der Waals surface area contributed by atoms with Crippen LogP contribution in [0.2, 0.25) is 0 Å². The van der Waals surface area contributed by atoms with Gasteiger partial charge in [-0.25, -0.2) is 24.3 Å². The maximum Gasteiger partial charge on any atom is 0.219 e. The van der Waals surface area contributed by atoms with E-state index in [2.05, 4.69) is 19.9 Å². The number of nitrogens with zero attached hydrogens (tertiary/aromatic N) is 6. The second-order valence-electron chi connectivity index (χ2n) is 11.1. The topological polar surface area (TPSA) is 133 Å². The lowest BCUT2D eigenvalue weighted by Crippen LogP contribution is -2.37. The standard InChI is InChI=1S/C28H30FN7O4/c1-28(2)13-39-26(34-28)17-11-36(25-21(17)24(30)31-14-32-25)27-22(29)23(37)19(40-27)12-38-16-6-4-15-5-7-20(33-18(15)10-16)35-8-3-9-35/h4-7,10-11,14,19,22-23,27,37H,3,8-9,12-13H2,1-2H3,(H2,30,31,32)/t19-,22+,23-,27-/m1/s1. The molecule has 0 amide bonds. The predicted octanol–water partition coefficient (Wildman–Crippen LogP) is 3.00. The molecule has 0 bridgehead atoms. The van der Waals surface area contributed by atoms with Crippen LogP contribution in [0.25, 0.3) is 21.9 Å². The number of nitrogen functional groups attached to an aromatic ring is 1. The van der Waals surface area contributed by atoms with E-state index in [9.17, 15) is 5.11 Å². The number of alkyl halides is 1. The van der Waals surface area contributed by atoms with Crippen LogP contribution in [0, 0.1) is 0 Å². The highest BCUT2D eigenvalue weighted by Gasteiger charge is 2.46. The molecule has 2 saturated heterocycles. The molecule has 2 fully saturated rings. The number of hydrogen-bond donors (Lipinski definition) is 2. The number of fused-ring (bicyclic) bond motifs is 2. The van der Waals surface area contributed by atoms with Gasteiger partial charge in [0.15, 0.2) is 12.4 Å². The molecule has 3 N–H and O–H groups in total. The summed E-state index contributed by atoms with van der Waals surface area (Å²) < 4.78 is 34.9. The van der Waals surface area contributed by atoms with Crippen molar-refractivity contribution < 1.29 is 23.7 Å². The van der Waals surface area contributed by atoms with Gasteiger partial charge in [0.1, 0.15) is 54.8 Å². The van der Waals surface area contributed by atoms with E-state index in [1.165, 1.54) is 17.3 Å². The van der Waals surface area contributed by atoms with Crippen molar-refractivity contribution in [2.75, 3.05) is 36.9 Å². The van der Waals surface area contributed by atoms with Crippen LogP contribution >= 0.6 is 0 Å². The largest absolute Gasteiger partial charge is 0.491 e. The smallest absolute Gasteiger partial charge is 0.219 e. The first-order chi connectivity index (χ1) is 19.3. The van der Waals surface area contributed by atoms with Crippen molar-refractivity contribution in [3.8, 4) is 5.75 Å². The van der Waals surface area contributed by atoms with Crippen LogP contribution in [0.4, 0.5) is 16.0 Å². The van der Waals surface area contributed by atoms with E-state index >= 15 is 4.39 Å². The molecule has 3 aliphatic heterocycles. The summed E-state index contributed by atoms with van der Waals surface area (Å²) in [4.78, 5) is 20.1. The Balaban J connectivity index is 1.13. The lowest BCUT2D eigenvalue weighted by atomic mass is 10.1. The first kappa shape index (κ1) is 25.0. The van der Waals surface area contributed by atoms with Gasteiger partial charge < -0.3 is 34.5 Å². The van der Waals surface area contributed by atoms with E-state index in [1.54, 1.807) is 6.20 Å². The van der Waals surface area contributed by atoms with Crippen LogP contribution in [0.15, 0.2) is 47.8 Å².